The average molecular weight is 228 g/mol. The molecule has 1 aliphatic rings. The first kappa shape index (κ1) is 10.8. The number of likely N-dealkylation sites (N-methyl/N-ethyl adjacent to an activating group) is 1. The third-order valence-corrected chi connectivity index (χ3v) is 4.01. The Hall–Kier alpha value is -1.28. The second-order valence-electron chi connectivity index (χ2n) is 5.31. The summed E-state index contributed by atoms with van der Waals surface area (Å²) >= 11 is 0. The van der Waals surface area contributed by atoms with Crippen LogP contribution in [-0.4, -0.2) is 29.1 Å². The van der Waals surface area contributed by atoms with Gasteiger partial charge < -0.3 is 9.47 Å². The normalized spacial score (nSPS) is 21.4. The van der Waals surface area contributed by atoms with E-state index in [0.717, 1.165) is 6.54 Å². The number of aromatic nitrogens is 1. The van der Waals surface area contributed by atoms with Gasteiger partial charge in [-0.3, -0.25) is 0 Å². The Morgan fingerprint density at radius 1 is 1.29 bits per heavy atom. The molecule has 0 unspecified atom stereocenters. The van der Waals surface area contributed by atoms with E-state index >= 15 is 0 Å². The third-order valence-electron chi connectivity index (χ3n) is 4.01. The minimum absolute atomic E-state index is 0.715. The molecule has 1 aromatic carbocycles. The van der Waals surface area contributed by atoms with Gasteiger partial charge in [-0.15, -0.1) is 0 Å². The molecule has 1 aliphatic heterocycles. The molecule has 0 N–H and O–H groups in total. The third kappa shape index (κ3) is 1.98. The monoisotopic (exact) mass is 228 g/mol. The summed E-state index contributed by atoms with van der Waals surface area (Å²) in [7, 11) is 2.24. The lowest BCUT2D eigenvalue weighted by molar-refractivity contribution is 0.284. The van der Waals surface area contributed by atoms with Crippen molar-refractivity contribution in [2.45, 2.75) is 32.4 Å². The molecule has 0 aliphatic carbocycles. The van der Waals surface area contributed by atoms with E-state index in [4.69, 9.17) is 0 Å². The highest BCUT2D eigenvalue weighted by atomic mass is 15.2. The molecular weight excluding hydrogens is 208 g/mol. The summed E-state index contributed by atoms with van der Waals surface area (Å²) in [6, 6.07) is 9.67. The van der Waals surface area contributed by atoms with Crippen LogP contribution in [0.25, 0.3) is 10.9 Å². The van der Waals surface area contributed by atoms with Crippen molar-refractivity contribution in [3.63, 3.8) is 0 Å². The second-order valence-corrected chi connectivity index (χ2v) is 5.31. The van der Waals surface area contributed by atoms with Gasteiger partial charge in [0, 0.05) is 24.3 Å². The van der Waals surface area contributed by atoms with Crippen LogP contribution >= 0.6 is 0 Å². The van der Waals surface area contributed by atoms with Crippen LogP contribution in [-0.2, 0) is 6.54 Å². The van der Waals surface area contributed by atoms with E-state index in [2.05, 4.69) is 53.9 Å². The number of hydrogen-bond donors (Lipinski definition) is 0. The van der Waals surface area contributed by atoms with Crippen LogP contribution in [0.1, 0.15) is 18.4 Å². The number of hydrogen-bond acceptors (Lipinski definition) is 1. The zero-order chi connectivity index (χ0) is 11.8. The maximum absolute atomic E-state index is 2.49. The van der Waals surface area contributed by atoms with Gasteiger partial charge in [-0.25, -0.2) is 0 Å². The van der Waals surface area contributed by atoms with Crippen molar-refractivity contribution < 1.29 is 0 Å². The van der Waals surface area contributed by atoms with Gasteiger partial charge in [0.05, 0.1) is 0 Å². The summed E-state index contributed by atoms with van der Waals surface area (Å²) < 4.78 is 2.40. The number of nitrogens with zero attached hydrogens (tertiary/aromatic N) is 2. The fraction of sp³-hybridized carbons (Fsp3) is 0.467. The summed E-state index contributed by atoms with van der Waals surface area (Å²) in [5.74, 6) is 0. The molecule has 0 radical (unpaired) electrons. The van der Waals surface area contributed by atoms with E-state index in [1.165, 1.54) is 35.9 Å². The van der Waals surface area contributed by atoms with E-state index in [1.54, 1.807) is 0 Å². The summed E-state index contributed by atoms with van der Waals surface area (Å²) in [5.41, 5.74) is 2.71. The molecule has 0 bridgehead atoms. The van der Waals surface area contributed by atoms with Crippen molar-refractivity contribution in [3.05, 3.63) is 36.0 Å². The standard InChI is InChI=1S/C15H20N2/c1-12-5-6-15-13(10-12)7-9-17(15)11-14-4-3-8-16(14)2/h5-7,9-10,14H,3-4,8,11H2,1-2H3/t14-/m1/s1. The number of benzene rings is 1. The largest absolute Gasteiger partial charge is 0.346 e. The maximum atomic E-state index is 2.49. The Bertz CT molecular complexity index is 527. The minimum atomic E-state index is 0.715. The molecule has 2 heteroatoms. The highest BCUT2D eigenvalue weighted by Gasteiger charge is 2.21. The quantitative estimate of drug-likeness (QED) is 0.767. The molecule has 2 aromatic rings. The average Bonchev–Trinajstić information content (AvgIpc) is 2.87. The Kier molecular flexibility index (Phi) is 2.67. The molecule has 1 atom stereocenters. The van der Waals surface area contributed by atoms with Crippen LogP contribution in [0.15, 0.2) is 30.5 Å². The lowest BCUT2D eigenvalue weighted by Crippen LogP contribution is -2.28. The first-order chi connectivity index (χ1) is 8.24. The maximum Gasteiger partial charge on any atom is 0.0480 e. The van der Waals surface area contributed by atoms with E-state index in [9.17, 15) is 0 Å². The van der Waals surface area contributed by atoms with E-state index in [-0.39, 0.29) is 0 Å². The van der Waals surface area contributed by atoms with E-state index in [0.29, 0.717) is 6.04 Å². The van der Waals surface area contributed by atoms with E-state index in [1.807, 2.05) is 0 Å². The Morgan fingerprint density at radius 3 is 2.94 bits per heavy atom. The molecule has 2 heterocycles. The van der Waals surface area contributed by atoms with Gasteiger partial charge in [0.15, 0.2) is 0 Å². The highest BCUT2D eigenvalue weighted by Crippen LogP contribution is 2.21. The van der Waals surface area contributed by atoms with Gasteiger partial charge in [0.25, 0.3) is 0 Å². The van der Waals surface area contributed by atoms with Gasteiger partial charge in [0.2, 0.25) is 0 Å². The molecule has 1 aromatic heterocycles. The van der Waals surface area contributed by atoms with Gasteiger partial charge >= 0.3 is 0 Å². The number of rotatable bonds is 2. The Balaban J connectivity index is 1.90. The van der Waals surface area contributed by atoms with Gasteiger partial charge in [-0.05, 0) is 56.9 Å². The van der Waals surface area contributed by atoms with Crippen LogP contribution in [0, 0.1) is 6.92 Å². The lowest BCUT2D eigenvalue weighted by Gasteiger charge is -2.20. The van der Waals surface area contributed by atoms with Crippen molar-refractivity contribution in [2.24, 2.45) is 0 Å². The van der Waals surface area contributed by atoms with Crippen LogP contribution < -0.4 is 0 Å². The molecule has 1 saturated heterocycles. The first-order valence-electron chi connectivity index (χ1n) is 6.50. The van der Waals surface area contributed by atoms with Crippen molar-refractivity contribution >= 4 is 10.9 Å². The summed E-state index contributed by atoms with van der Waals surface area (Å²) in [6.45, 7) is 4.54. The molecule has 3 rings (SSSR count). The van der Waals surface area contributed by atoms with Crippen LogP contribution in [0.4, 0.5) is 0 Å². The number of fused-ring (bicyclic) bond motifs is 1. The smallest absolute Gasteiger partial charge is 0.0480 e. The Morgan fingerprint density at radius 2 is 2.18 bits per heavy atom. The SMILES string of the molecule is Cc1ccc2c(ccn2C[C@H]2CCCN2C)c1. The lowest BCUT2D eigenvalue weighted by atomic mass is 10.2. The highest BCUT2D eigenvalue weighted by molar-refractivity contribution is 5.80. The van der Waals surface area contributed by atoms with Crippen molar-refractivity contribution in [1.29, 1.82) is 0 Å². The molecule has 2 nitrogen and oxygen atoms in total. The number of aryl methyl sites for hydroxylation is 1. The summed E-state index contributed by atoms with van der Waals surface area (Å²) in [4.78, 5) is 2.49. The molecule has 17 heavy (non-hydrogen) atoms. The predicted molar refractivity (Wildman–Crippen MR) is 72.3 cm³/mol. The topological polar surface area (TPSA) is 8.17 Å². The fourth-order valence-electron chi connectivity index (χ4n) is 2.92. The molecule has 0 saturated carbocycles. The molecular formula is C15H20N2. The molecule has 0 amide bonds. The minimum Gasteiger partial charge on any atom is -0.346 e. The van der Waals surface area contributed by atoms with Crippen molar-refractivity contribution in [2.75, 3.05) is 13.6 Å². The van der Waals surface area contributed by atoms with Crippen LogP contribution in [0.3, 0.4) is 0 Å². The summed E-state index contributed by atoms with van der Waals surface area (Å²) in [6.07, 6.45) is 4.91. The van der Waals surface area contributed by atoms with Gasteiger partial charge in [0.1, 0.15) is 0 Å². The van der Waals surface area contributed by atoms with Crippen molar-refractivity contribution in [3.8, 4) is 0 Å². The van der Waals surface area contributed by atoms with Gasteiger partial charge in [-0.2, -0.15) is 0 Å². The zero-order valence-corrected chi connectivity index (χ0v) is 10.7. The van der Waals surface area contributed by atoms with E-state index < -0.39 is 0 Å². The molecule has 1 fully saturated rings. The predicted octanol–water partition coefficient (Wildman–Crippen LogP) is 3.04. The zero-order valence-electron chi connectivity index (χ0n) is 10.7. The molecule has 90 valence electrons. The van der Waals surface area contributed by atoms with Crippen molar-refractivity contribution in [1.82, 2.24) is 9.47 Å². The number of likely N-dealkylation sites (tertiary alicyclic amines) is 1. The first-order valence-corrected chi connectivity index (χ1v) is 6.50. The fourth-order valence-corrected chi connectivity index (χ4v) is 2.92. The van der Waals surface area contributed by atoms with Gasteiger partial charge in [-0.1, -0.05) is 11.6 Å². The van der Waals surface area contributed by atoms with Crippen LogP contribution in [0.2, 0.25) is 0 Å². The second kappa shape index (κ2) is 4.19. The summed E-state index contributed by atoms with van der Waals surface area (Å²) in [5, 5.41) is 1.37. The molecule has 0 spiro atoms. The van der Waals surface area contributed by atoms with Crippen LogP contribution in [0.5, 0.6) is 0 Å². The Labute approximate surface area is 103 Å².